The predicted octanol–water partition coefficient (Wildman–Crippen LogP) is 4.61. The highest BCUT2D eigenvalue weighted by atomic mass is 35.5. The van der Waals surface area contributed by atoms with Crippen molar-refractivity contribution in [2.45, 2.75) is 32.8 Å². The highest BCUT2D eigenvalue weighted by molar-refractivity contribution is 6.33. The molecule has 2 amide bonds. The molecule has 1 aromatic carbocycles. The number of pyridine rings is 1. The number of carbonyl (C=O) groups is 2. The number of imidazole rings is 1. The van der Waals surface area contributed by atoms with Crippen LogP contribution >= 0.6 is 23.2 Å². The summed E-state index contributed by atoms with van der Waals surface area (Å²) in [5, 5.41) is 1.78. The molecule has 4 heterocycles. The first kappa shape index (κ1) is 30.3. The number of ether oxygens (including phenoxy) is 2. The summed E-state index contributed by atoms with van der Waals surface area (Å²) in [4.78, 5) is 43.1. The van der Waals surface area contributed by atoms with E-state index in [1.165, 1.54) is 6.20 Å². The Hall–Kier alpha value is -4.13. The molecule has 1 fully saturated rings. The number of hydrazine groups is 1. The zero-order valence-corrected chi connectivity index (χ0v) is 25.8. The summed E-state index contributed by atoms with van der Waals surface area (Å²) in [7, 11) is 1.57. The zero-order chi connectivity index (χ0) is 30.9. The van der Waals surface area contributed by atoms with Gasteiger partial charge in [-0.3, -0.25) is 9.20 Å². The molecule has 14 heteroatoms. The molecule has 0 spiro atoms. The SMILES string of the molecule is COc1ccc(-c2cnc(N3CCN(C(=O)OC(C)(C)C)CC3)c3nc(CC(=O)N(N)c4ccc(Cl)nc4)cn23)c(Cl)c1. The first-order valence-corrected chi connectivity index (χ1v) is 14.3. The minimum Gasteiger partial charge on any atom is -0.497 e. The average molecular weight is 628 g/mol. The largest absolute Gasteiger partial charge is 0.497 e. The molecule has 4 aromatic rings. The summed E-state index contributed by atoms with van der Waals surface area (Å²) in [6.45, 7) is 7.48. The first-order valence-electron chi connectivity index (χ1n) is 13.6. The third-order valence-corrected chi connectivity index (χ3v) is 7.33. The Labute approximate surface area is 258 Å². The molecule has 5 rings (SSSR count). The smallest absolute Gasteiger partial charge is 0.410 e. The number of halogens is 2. The molecule has 0 aliphatic carbocycles. The second kappa shape index (κ2) is 12.2. The molecule has 0 atom stereocenters. The summed E-state index contributed by atoms with van der Waals surface area (Å²) in [5.74, 6) is 6.94. The maximum absolute atomic E-state index is 13.1. The van der Waals surface area contributed by atoms with Gasteiger partial charge >= 0.3 is 6.09 Å². The number of fused-ring (bicyclic) bond motifs is 1. The molecule has 0 saturated carbocycles. The fraction of sp³-hybridized carbons (Fsp3) is 0.345. The van der Waals surface area contributed by atoms with Gasteiger partial charge in [0.25, 0.3) is 0 Å². The van der Waals surface area contributed by atoms with Gasteiger partial charge in [-0.05, 0) is 51.1 Å². The lowest BCUT2D eigenvalue weighted by atomic mass is 10.1. The fourth-order valence-electron chi connectivity index (χ4n) is 4.67. The van der Waals surface area contributed by atoms with Gasteiger partial charge in [-0.15, -0.1) is 0 Å². The van der Waals surface area contributed by atoms with Gasteiger partial charge in [0.1, 0.15) is 16.5 Å². The Balaban J connectivity index is 1.47. The van der Waals surface area contributed by atoms with E-state index < -0.39 is 11.5 Å². The number of benzene rings is 1. The van der Waals surface area contributed by atoms with Gasteiger partial charge < -0.3 is 19.3 Å². The molecule has 1 saturated heterocycles. The molecule has 0 radical (unpaired) electrons. The van der Waals surface area contributed by atoms with Crippen LogP contribution in [0.2, 0.25) is 10.2 Å². The number of carbonyl (C=O) groups excluding carboxylic acids is 2. The number of nitrogens with two attached hydrogens (primary N) is 1. The van der Waals surface area contributed by atoms with Crippen molar-refractivity contribution in [3.05, 3.63) is 64.8 Å². The second-order valence-corrected chi connectivity index (χ2v) is 11.8. The lowest BCUT2D eigenvalue weighted by Gasteiger charge is -2.36. The zero-order valence-electron chi connectivity index (χ0n) is 24.3. The average Bonchev–Trinajstić information content (AvgIpc) is 3.39. The topological polar surface area (TPSA) is 131 Å². The van der Waals surface area contributed by atoms with Crippen LogP contribution in [0.3, 0.4) is 0 Å². The lowest BCUT2D eigenvalue weighted by molar-refractivity contribution is -0.118. The van der Waals surface area contributed by atoms with E-state index in [4.69, 9.17) is 48.5 Å². The quantitative estimate of drug-likeness (QED) is 0.141. The van der Waals surface area contributed by atoms with E-state index in [1.807, 2.05) is 37.3 Å². The number of nitrogens with zero attached hydrogens (tertiary/aromatic N) is 7. The summed E-state index contributed by atoms with van der Waals surface area (Å²) >= 11 is 12.5. The Morgan fingerprint density at radius 1 is 1.05 bits per heavy atom. The number of amides is 2. The summed E-state index contributed by atoms with van der Waals surface area (Å²) in [6.07, 6.45) is 4.49. The molecule has 1 aliphatic heterocycles. The molecule has 12 nitrogen and oxygen atoms in total. The Morgan fingerprint density at radius 3 is 2.42 bits per heavy atom. The van der Waals surface area contributed by atoms with Crippen LogP contribution in [-0.4, -0.2) is 75.1 Å². The molecule has 43 heavy (non-hydrogen) atoms. The van der Waals surface area contributed by atoms with Gasteiger partial charge in [-0.25, -0.2) is 30.6 Å². The van der Waals surface area contributed by atoms with Crippen LogP contribution in [0.15, 0.2) is 48.9 Å². The molecule has 3 aromatic heterocycles. The van der Waals surface area contributed by atoms with Crippen molar-refractivity contribution >= 4 is 52.4 Å². The lowest BCUT2D eigenvalue weighted by Crippen LogP contribution is -2.50. The van der Waals surface area contributed by atoms with E-state index in [0.29, 0.717) is 76.2 Å². The Bertz CT molecular complexity index is 1650. The summed E-state index contributed by atoms with van der Waals surface area (Å²) in [5.41, 5.74) is 2.23. The Morgan fingerprint density at radius 2 is 1.79 bits per heavy atom. The van der Waals surface area contributed by atoms with Crippen LogP contribution in [0.1, 0.15) is 26.5 Å². The number of methoxy groups -OCH3 is 1. The van der Waals surface area contributed by atoms with Crippen LogP contribution in [0.25, 0.3) is 16.9 Å². The van der Waals surface area contributed by atoms with Gasteiger partial charge in [-0.1, -0.05) is 23.2 Å². The minimum atomic E-state index is -0.576. The van der Waals surface area contributed by atoms with Crippen LogP contribution in [0.4, 0.5) is 16.3 Å². The van der Waals surface area contributed by atoms with Gasteiger partial charge in [0.2, 0.25) is 5.91 Å². The maximum Gasteiger partial charge on any atom is 0.410 e. The minimum absolute atomic E-state index is 0.0809. The molecular formula is C29H32Cl2N8O4. The van der Waals surface area contributed by atoms with Crippen molar-refractivity contribution < 1.29 is 19.1 Å². The summed E-state index contributed by atoms with van der Waals surface area (Å²) < 4.78 is 12.7. The second-order valence-electron chi connectivity index (χ2n) is 11.0. The number of piperazine rings is 1. The first-order chi connectivity index (χ1) is 20.4. The van der Waals surface area contributed by atoms with Crippen LogP contribution in [-0.2, 0) is 16.0 Å². The number of rotatable bonds is 6. The van der Waals surface area contributed by atoms with Gasteiger partial charge in [-0.2, -0.15) is 0 Å². The van der Waals surface area contributed by atoms with Crippen molar-refractivity contribution in [2.75, 3.05) is 43.2 Å². The van der Waals surface area contributed by atoms with E-state index in [2.05, 4.69) is 9.88 Å². The van der Waals surface area contributed by atoms with Gasteiger partial charge in [0.05, 0.1) is 48.0 Å². The summed E-state index contributed by atoms with van der Waals surface area (Å²) in [6, 6.07) is 8.54. The number of anilines is 2. The van der Waals surface area contributed by atoms with E-state index in [0.717, 1.165) is 5.01 Å². The molecular weight excluding hydrogens is 595 g/mol. The molecule has 2 N–H and O–H groups in total. The third-order valence-electron chi connectivity index (χ3n) is 6.80. The number of hydrogen-bond donors (Lipinski definition) is 1. The van der Waals surface area contributed by atoms with Gasteiger partial charge in [0, 0.05) is 37.9 Å². The van der Waals surface area contributed by atoms with Crippen molar-refractivity contribution in [1.29, 1.82) is 0 Å². The van der Waals surface area contributed by atoms with Gasteiger partial charge in [0.15, 0.2) is 11.5 Å². The molecule has 0 bridgehead atoms. The number of aromatic nitrogens is 4. The van der Waals surface area contributed by atoms with Crippen molar-refractivity contribution in [2.24, 2.45) is 5.84 Å². The standard InChI is InChI=1S/C29H32Cl2N8O4/c1-29(2,3)43-28(41)37-11-9-36(10-12-37)26-27-35-18(13-25(40)39(32)19-5-8-24(31)33-15-19)17-38(27)23(16-34-26)21-7-6-20(42-4)14-22(21)30/h5-8,14-17H,9-13,32H2,1-4H3. The molecule has 226 valence electrons. The fourth-order valence-corrected chi connectivity index (χ4v) is 5.05. The molecule has 0 unspecified atom stereocenters. The maximum atomic E-state index is 13.1. The van der Waals surface area contributed by atoms with E-state index >= 15 is 0 Å². The van der Waals surface area contributed by atoms with Crippen LogP contribution in [0.5, 0.6) is 5.75 Å². The van der Waals surface area contributed by atoms with Crippen LogP contribution < -0.4 is 20.5 Å². The third kappa shape index (κ3) is 6.76. The van der Waals surface area contributed by atoms with Crippen LogP contribution in [0, 0.1) is 0 Å². The monoisotopic (exact) mass is 626 g/mol. The van der Waals surface area contributed by atoms with Crippen molar-refractivity contribution in [3.8, 4) is 17.0 Å². The predicted molar refractivity (Wildman–Crippen MR) is 165 cm³/mol. The normalized spacial score (nSPS) is 13.7. The van der Waals surface area contributed by atoms with E-state index in [1.54, 1.807) is 42.6 Å². The number of hydrogen-bond acceptors (Lipinski definition) is 9. The van der Waals surface area contributed by atoms with Crippen molar-refractivity contribution in [1.82, 2.24) is 24.3 Å². The highest BCUT2D eigenvalue weighted by Crippen LogP contribution is 2.33. The van der Waals surface area contributed by atoms with Crippen molar-refractivity contribution in [3.63, 3.8) is 0 Å². The van der Waals surface area contributed by atoms with E-state index in [9.17, 15) is 9.59 Å². The van der Waals surface area contributed by atoms with E-state index in [-0.39, 0.29) is 12.5 Å². The Kier molecular flexibility index (Phi) is 8.63. The highest BCUT2D eigenvalue weighted by Gasteiger charge is 2.28. The molecule has 1 aliphatic rings.